The summed E-state index contributed by atoms with van der Waals surface area (Å²) in [6.07, 6.45) is -5.72. The third kappa shape index (κ3) is 5.11. The van der Waals surface area contributed by atoms with Crippen LogP contribution in [0.4, 0.5) is 13.2 Å². The van der Waals surface area contributed by atoms with E-state index >= 15 is 0 Å². The van der Waals surface area contributed by atoms with Crippen molar-refractivity contribution in [3.05, 3.63) is 34.9 Å². The van der Waals surface area contributed by atoms with Gasteiger partial charge in [-0.25, -0.2) is 4.79 Å². The number of esters is 1. The zero-order chi connectivity index (χ0) is 17.9. The van der Waals surface area contributed by atoms with Gasteiger partial charge in [0.25, 0.3) is 5.60 Å². The van der Waals surface area contributed by atoms with Crippen LogP contribution in [-0.4, -0.2) is 29.5 Å². The highest BCUT2D eigenvalue weighted by Gasteiger charge is 2.62. The molecule has 23 heavy (non-hydrogen) atoms. The van der Waals surface area contributed by atoms with Gasteiger partial charge in [-0.15, -0.1) is 0 Å². The number of benzene rings is 1. The number of aliphatic hydroxyl groups is 1. The smallest absolute Gasteiger partial charge is 0.428 e. The van der Waals surface area contributed by atoms with Crippen LogP contribution in [0.25, 0.3) is 0 Å². The van der Waals surface area contributed by atoms with Crippen molar-refractivity contribution < 1.29 is 27.8 Å². The van der Waals surface area contributed by atoms with Gasteiger partial charge in [-0.1, -0.05) is 37.6 Å². The fourth-order valence-corrected chi connectivity index (χ4v) is 2.71. The van der Waals surface area contributed by atoms with Crippen molar-refractivity contribution in [3.8, 4) is 0 Å². The Morgan fingerprint density at radius 3 is 2.39 bits per heavy atom. The first-order chi connectivity index (χ1) is 10.4. The summed E-state index contributed by atoms with van der Waals surface area (Å²) in [6.45, 7) is 4.23. The molecule has 1 atom stereocenters. The Morgan fingerprint density at radius 1 is 1.30 bits per heavy atom. The minimum atomic E-state index is -5.12. The summed E-state index contributed by atoms with van der Waals surface area (Å²) in [5.74, 6) is -1.67. The number of carbonyl (C=O) groups is 1. The zero-order valence-corrected chi connectivity index (χ0v) is 14.0. The SMILES string of the molecule is CCOC(=O)C(O)(CC(C)(C)Cc1cccc(Cl)c1)C(F)(F)F. The molecule has 7 heteroatoms. The third-order valence-corrected chi connectivity index (χ3v) is 3.62. The van der Waals surface area contributed by atoms with Crippen LogP contribution in [0.3, 0.4) is 0 Å². The average Bonchev–Trinajstić information content (AvgIpc) is 2.36. The quantitative estimate of drug-likeness (QED) is 0.782. The van der Waals surface area contributed by atoms with Crippen molar-refractivity contribution in [2.45, 2.75) is 45.4 Å². The molecule has 0 fully saturated rings. The molecule has 0 radical (unpaired) electrons. The number of hydrogen-bond acceptors (Lipinski definition) is 3. The zero-order valence-electron chi connectivity index (χ0n) is 13.2. The number of carbonyl (C=O) groups excluding carboxylic acids is 1. The van der Waals surface area contributed by atoms with Gasteiger partial charge in [0.05, 0.1) is 6.61 Å². The topological polar surface area (TPSA) is 46.5 Å². The predicted molar refractivity (Wildman–Crippen MR) is 81.2 cm³/mol. The summed E-state index contributed by atoms with van der Waals surface area (Å²) in [6, 6.07) is 6.71. The maximum atomic E-state index is 13.2. The van der Waals surface area contributed by atoms with Crippen molar-refractivity contribution >= 4 is 17.6 Å². The maximum absolute atomic E-state index is 13.2. The molecule has 0 aliphatic rings. The number of rotatable bonds is 6. The van der Waals surface area contributed by atoms with E-state index in [2.05, 4.69) is 4.74 Å². The first-order valence-corrected chi connectivity index (χ1v) is 7.50. The first kappa shape index (κ1) is 19.8. The van der Waals surface area contributed by atoms with Crippen LogP contribution < -0.4 is 0 Å². The molecule has 0 saturated carbocycles. The average molecular weight is 353 g/mol. The van der Waals surface area contributed by atoms with Gasteiger partial charge in [-0.3, -0.25) is 0 Å². The lowest BCUT2D eigenvalue weighted by atomic mass is 9.75. The van der Waals surface area contributed by atoms with Crippen LogP contribution in [0.15, 0.2) is 24.3 Å². The molecular weight excluding hydrogens is 333 g/mol. The van der Waals surface area contributed by atoms with Gasteiger partial charge >= 0.3 is 12.1 Å². The highest BCUT2D eigenvalue weighted by atomic mass is 35.5. The lowest BCUT2D eigenvalue weighted by Gasteiger charge is -2.35. The van der Waals surface area contributed by atoms with Crippen molar-refractivity contribution in [2.24, 2.45) is 5.41 Å². The standard InChI is InChI=1S/C16H20ClF3O3/c1-4-23-13(21)15(22,16(18,19)20)10-14(2,3)9-11-6-5-7-12(17)8-11/h5-8,22H,4,9-10H2,1-3H3. The van der Waals surface area contributed by atoms with Crippen LogP contribution in [0, 0.1) is 5.41 Å². The Kier molecular flexibility index (Phi) is 6.10. The van der Waals surface area contributed by atoms with Crippen LogP contribution in [-0.2, 0) is 16.0 Å². The van der Waals surface area contributed by atoms with E-state index in [1.165, 1.54) is 6.92 Å². The van der Waals surface area contributed by atoms with Gasteiger partial charge in [0.2, 0.25) is 0 Å². The van der Waals surface area contributed by atoms with E-state index in [1.807, 2.05) is 0 Å². The van der Waals surface area contributed by atoms with Gasteiger partial charge in [-0.2, -0.15) is 13.2 Å². The molecule has 1 unspecified atom stereocenters. The van der Waals surface area contributed by atoms with Crippen LogP contribution in [0.2, 0.25) is 5.02 Å². The summed E-state index contributed by atoms with van der Waals surface area (Å²) in [7, 11) is 0. The van der Waals surface area contributed by atoms with Gasteiger partial charge in [0.1, 0.15) is 0 Å². The van der Waals surface area contributed by atoms with Crippen molar-refractivity contribution in [1.82, 2.24) is 0 Å². The van der Waals surface area contributed by atoms with Gasteiger partial charge < -0.3 is 9.84 Å². The molecule has 0 heterocycles. The van der Waals surface area contributed by atoms with Crippen LogP contribution in [0.1, 0.15) is 32.8 Å². The molecule has 0 aliphatic carbocycles. The molecule has 1 N–H and O–H groups in total. The number of alkyl halides is 3. The minimum Gasteiger partial charge on any atom is -0.464 e. The summed E-state index contributed by atoms with van der Waals surface area (Å²) in [5.41, 5.74) is -3.83. The van der Waals surface area contributed by atoms with E-state index in [9.17, 15) is 23.1 Å². The highest BCUT2D eigenvalue weighted by molar-refractivity contribution is 6.30. The second kappa shape index (κ2) is 7.09. The number of hydrogen-bond donors (Lipinski definition) is 1. The van der Waals surface area contributed by atoms with E-state index in [-0.39, 0.29) is 13.0 Å². The molecule has 0 spiro atoms. The number of ether oxygens (including phenoxy) is 1. The summed E-state index contributed by atoms with van der Waals surface area (Å²) < 4.78 is 44.1. The Morgan fingerprint density at radius 2 is 1.91 bits per heavy atom. The Bertz CT molecular complexity index is 558. The lowest BCUT2D eigenvalue weighted by molar-refractivity contribution is -0.270. The molecule has 1 aromatic rings. The van der Waals surface area contributed by atoms with Crippen LogP contribution in [0.5, 0.6) is 0 Å². The summed E-state index contributed by atoms with van der Waals surface area (Å²) in [4.78, 5) is 11.7. The second-order valence-corrected chi connectivity index (χ2v) is 6.66. The third-order valence-electron chi connectivity index (χ3n) is 3.39. The Hall–Kier alpha value is -1.27. The normalized spacial score (nSPS) is 15.1. The largest absolute Gasteiger partial charge is 0.464 e. The molecule has 1 aromatic carbocycles. The fraction of sp³-hybridized carbons (Fsp3) is 0.562. The highest BCUT2D eigenvalue weighted by Crippen LogP contribution is 2.42. The first-order valence-electron chi connectivity index (χ1n) is 7.12. The molecule has 3 nitrogen and oxygen atoms in total. The molecule has 0 saturated heterocycles. The van der Waals surface area contributed by atoms with Gasteiger partial charge in [0, 0.05) is 11.4 Å². The van der Waals surface area contributed by atoms with E-state index < -0.39 is 29.6 Å². The molecule has 0 aliphatic heterocycles. The van der Waals surface area contributed by atoms with Crippen LogP contribution >= 0.6 is 11.6 Å². The van der Waals surface area contributed by atoms with Crippen molar-refractivity contribution in [3.63, 3.8) is 0 Å². The molecule has 130 valence electrons. The molecule has 0 bridgehead atoms. The lowest BCUT2D eigenvalue weighted by Crippen LogP contribution is -2.55. The summed E-state index contributed by atoms with van der Waals surface area (Å²) in [5, 5.41) is 10.5. The van der Waals surface area contributed by atoms with Crippen molar-refractivity contribution in [1.29, 1.82) is 0 Å². The minimum absolute atomic E-state index is 0.214. The molecule has 1 rings (SSSR count). The fourth-order valence-electron chi connectivity index (χ4n) is 2.49. The van der Waals surface area contributed by atoms with E-state index in [0.29, 0.717) is 5.02 Å². The Balaban J connectivity index is 3.04. The van der Waals surface area contributed by atoms with E-state index in [4.69, 9.17) is 11.6 Å². The molecule has 0 amide bonds. The molecule has 0 aromatic heterocycles. The van der Waals surface area contributed by atoms with Gasteiger partial charge in [-0.05, 0) is 36.5 Å². The van der Waals surface area contributed by atoms with Crippen molar-refractivity contribution in [2.75, 3.05) is 6.61 Å². The van der Waals surface area contributed by atoms with Gasteiger partial charge in [0.15, 0.2) is 0 Å². The summed E-state index contributed by atoms with van der Waals surface area (Å²) >= 11 is 5.87. The second-order valence-electron chi connectivity index (χ2n) is 6.23. The Labute approximate surface area is 138 Å². The number of halogens is 4. The predicted octanol–water partition coefficient (Wildman–Crippen LogP) is 4.16. The maximum Gasteiger partial charge on any atom is 0.428 e. The van der Waals surface area contributed by atoms with E-state index in [0.717, 1.165) is 5.56 Å². The molecular formula is C16H20ClF3O3. The van der Waals surface area contributed by atoms with E-state index in [1.54, 1.807) is 38.1 Å². The monoisotopic (exact) mass is 352 g/mol.